The predicted molar refractivity (Wildman–Crippen MR) is 60.7 cm³/mol. The van der Waals surface area contributed by atoms with E-state index in [0.717, 1.165) is 5.56 Å². The van der Waals surface area contributed by atoms with Gasteiger partial charge in [-0.15, -0.1) is 0 Å². The lowest BCUT2D eigenvalue weighted by Crippen LogP contribution is -2.27. The molecule has 0 aliphatic rings. The Morgan fingerprint density at radius 3 is 2.60 bits per heavy atom. The minimum Gasteiger partial charge on any atom is -0.496 e. The second-order valence-electron chi connectivity index (χ2n) is 3.43. The monoisotopic (exact) mass is 227 g/mol. The third-order valence-corrected chi connectivity index (χ3v) is 2.48. The van der Waals surface area contributed by atoms with Crippen molar-refractivity contribution in [3.05, 3.63) is 28.3 Å². The van der Waals surface area contributed by atoms with E-state index < -0.39 is 6.04 Å². The summed E-state index contributed by atoms with van der Waals surface area (Å²) in [7, 11) is 1.51. The van der Waals surface area contributed by atoms with E-state index in [1.807, 2.05) is 6.92 Å². The largest absolute Gasteiger partial charge is 0.496 e. The van der Waals surface area contributed by atoms with Crippen molar-refractivity contribution in [2.45, 2.75) is 19.9 Å². The highest BCUT2D eigenvalue weighted by Crippen LogP contribution is 2.30. The van der Waals surface area contributed by atoms with Gasteiger partial charge in [-0.25, -0.2) is 0 Å². The fourth-order valence-corrected chi connectivity index (χ4v) is 1.63. The summed E-state index contributed by atoms with van der Waals surface area (Å²) in [5.74, 6) is 0.297. The quantitative estimate of drug-likeness (QED) is 0.806. The van der Waals surface area contributed by atoms with Crippen LogP contribution in [0.2, 0.25) is 5.02 Å². The van der Waals surface area contributed by atoms with Gasteiger partial charge < -0.3 is 10.5 Å². The summed E-state index contributed by atoms with van der Waals surface area (Å²) in [5.41, 5.74) is 6.78. The van der Waals surface area contributed by atoms with Crippen LogP contribution in [0, 0.1) is 6.92 Å². The Morgan fingerprint density at radius 1 is 1.53 bits per heavy atom. The number of Topliss-reactive ketones (excluding diaryl/α,β-unsaturated/α-hetero) is 1. The van der Waals surface area contributed by atoms with Gasteiger partial charge in [-0.05, 0) is 25.5 Å². The predicted octanol–water partition coefficient (Wildman–Crippen LogP) is 2.19. The zero-order valence-corrected chi connectivity index (χ0v) is 9.76. The number of hydrogen-bond acceptors (Lipinski definition) is 3. The number of ketones is 1. The molecule has 0 radical (unpaired) electrons. The highest BCUT2D eigenvalue weighted by atomic mass is 35.5. The van der Waals surface area contributed by atoms with E-state index in [0.29, 0.717) is 16.3 Å². The first-order chi connectivity index (χ1) is 6.99. The average Bonchev–Trinajstić information content (AvgIpc) is 2.19. The molecule has 1 unspecified atom stereocenters. The van der Waals surface area contributed by atoms with Crippen LogP contribution in [0.1, 0.15) is 22.8 Å². The van der Waals surface area contributed by atoms with Crippen molar-refractivity contribution in [3.63, 3.8) is 0 Å². The van der Waals surface area contributed by atoms with Gasteiger partial charge in [-0.3, -0.25) is 4.79 Å². The first-order valence-corrected chi connectivity index (χ1v) is 4.99. The van der Waals surface area contributed by atoms with E-state index in [1.54, 1.807) is 19.1 Å². The van der Waals surface area contributed by atoms with Crippen molar-refractivity contribution in [1.82, 2.24) is 0 Å². The van der Waals surface area contributed by atoms with Crippen molar-refractivity contribution in [2.75, 3.05) is 7.11 Å². The summed E-state index contributed by atoms with van der Waals surface area (Å²) < 4.78 is 5.17. The van der Waals surface area contributed by atoms with Crippen molar-refractivity contribution >= 4 is 17.4 Å². The fourth-order valence-electron chi connectivity index (χ4n) is 1.38. The topological polar surface area (TPSA) is 52.3 Å². The Morgan fingerprint density at radius 2 is 2.13 bits per heavy atom. The summed E-state index contributed by atoms with van der Waals surface area (Å²) in [5, 5.41) is 0.375. The average molecular weight is 228 g/mol. The van der Waals surface area contributed by atoms with Crippen molar-refractivity contribution in [1.29, 1.82) is 0 Å². The molecular formula is C11H14ClNO2. The number of nitrogens with two attached hydrogens (primary N) is 1. The van der Waals surface area contributed by atoms with Crippen LogP contribution >= 0.6 is 11.6 Å². The van der Waals surface area contributed by atoms with Gasteiger partial charge in [0.05, 0.1) is 23.7 Å². The molecule has 82 valence electrons. The molecule has 0 aromatic heterocycles. The van der Waals surface area contributed by atoms with E-state index in [1.165, 1.54) is 7.11 Å². The summed E-state index contributed by atoms with van der Waals surface area (Å²) in [6.45, 7) is 3.48. The van der Waals surface area contributed by atoms with Crippen LogP contribution in [0.5, 0.6) is 5.75 Å². The van der Waals surface area contributed by atoms with Crippen LogP contribution in [0.15, 0.2) is 12.1 Å². The van der Waals surface area contributed by atoms with Crippen LogP contribution in [0.4, 0.5) is 0 Å². The molecule has 3 nitrogen and oxygen atoms in total. The molecule has 0 fully saturated rings. The Balaban J connectivity index is 3.37. The molecule has 0 bridgehead atoms. The van der Waals surface area contributed by atoms with Gasteiger partial charge in [0, 0.05) is 0 Å². The van der Waals surface area contributed by atoms with Crippen LogP contribution in [-0.4, -0.2) is 18.9 Å². The highest BCUT2D eigenvalue weighted by molar-refractivity contribution is 6.34. The summed E-state index contributed by atoms with van der Waals surface area (Å²) in [4.78, 5) is 11.8. The van der Waals surface area contributed by atoms with Gasteiger partial charge in [-0.1, -0.05) is 17.7 Å². The van der Waals surface area contributed by atoms with E-state index in [4.69, 9.17) is 22.1 Å². The molecule has 0 aliphatic heterocycles. The number of carbonyl (C=O) groups excluding carboxylic acids is 1. The van der Waals surface area contributed by atoms with E-state index >= 15 is 0 Å². The summed E-state index contributed by atoms with van der Waals surface area (Å²) in [6.07, 6.45) is 0. The SMILES string of the molecule is COc1c(C)ccc(Cl)c1C(=O)C(C)N. The lowest BCUT2D eigenvalue weighted by Gasteiger charge is -2.13. The Hall–Kier alpha value is -1.06. The fraction of sp³-hybridized carbons (Fsp3) is 0.364. The molecule has 0 amide bonds. The molecule has 0 aliphatic carbocycles. The van der Waals surface area contributed by atoms with E-state index in [-0.39, 0.29) is 5.78 Å². The molecular weight excluding hydrogens is 214 g/mol. The van der Waals surface area contributed by atoms with Crippen LogP contribution < -0.4 is 10.5 Å². The molecule has 1 aromatic carbocycles. The van der Waals surface area contributed by atoms with Gasteiger partial charge in [0.1, 0.15) is 5.75 Å². The minimum atomic E-state index is -0.585. The summed E-state index contributed by atoms with van der Waals surface area (Å²) in [6, 6.07) is 2.90. The van der Waals surface area contributed by atoms with E-state index in [2.05, 4.69) is 0 Å². The van der Waals surface area contributed by atoms with Gasteiger partial charge in [0.15, 0.2) is 5.78 Å². The van der Waals surface area contributed by atoms with Crippen molar-refractivity contribution in [2.24, 2.45) is 5.73 Å². The van der Waals surface area contributed by atoms with Crippen LogP contribution in [-0.2, 0) is 0 Å². The van der Waals surface area contributed by atoms with Gasteiger partial charge in [0.2, 0.25) is 0 Å². The molecule has 15 heavy (non-hydrogen) atoms. The smallest absolute Gasteiger partial charge is 0.184 e. The molecule has 4 heteroatoms. The highest BCUT2D eigenvalue weighted by Gasteiger charge is 2.20. The Kier molecular flexibility index (Phi) is 3.72. The molecule has 1 rings (SSSR count). The maximum atomic E-state index is 11.8. The molecule has 0 spiro atoms. The zero-order valence-electron chi connectivity index (χ0n) is 9.00. The van der Waals surface area contributed by atoms with Gasteiger partial charge in [0.25, 0.3) is 0 Å². The molecule has 1 atom stereocenters. The third kappa shape index (κ3) is 2.30. The second-order valence-corrected chi connectivity index (χ2v) is 3.83. The van der Waals surface area contributed by atoms with Crippen molar-refractivity contribution in [3.8, 4) is 5.75 Å². The molecule has 2 N–H and O–H groups in total. The number of carbonyl (C=O) groups is 1. The van der Waals surface area contributed by atoms with Gasteiger partial charge in [-0.2, -0.15) is 0 Å². The lowest BCUT2D eigenvalue weighted by atomic mass is 10.0. The number of rotatable bonds is 3. The second kappa shape index (κ2) is 4.64. The van der Waals surface area contributed by atoms with Gasteiger partial charge >= 0.3 is 0 Å². The lowest BCUT2D eigenvalue weighted by molar-refractivity contribution is 0.0965. The minimum absolute atomic E-state index is 0.208. The number of hydrogen-bond donors (Lipinski definition) is 1. The number of methoxy groups -OCH3 is 1. The number of benzene rings is 1. The Labute approximate surface area is 94.2 Å². The molecule has 0 heterocycles. The summed E-state index contributed by atoms with van der Waals surface area (Å²) >= 11 is 5.96. The number of ether oxygens (including phenoxy) is 1. The standard InChI is InChI=1S/C11H14ClNO2/c1-6-4-5-8(12)9(11(6)15-3)10(14)7(2)13/h4-5,7H,13H2,1-3H3. The number of aryl methyl sites for hydroxylation is 1. The molecule has 0 saturated heterocycles. The van der Waals surface area contributed by atoms with Crippen LogP contribution in [0.25, 0.3) is 0 Å². The normalized spacial score (nSPS) is 12.3. The third-order valence-electron chi connectivity index (χ3n) is 2.17. The first kappa shape index (κ1) is 12.0. The first-order valence-electron chi connectivity index (χ1n) is 4.62. The maximum Gasteiger partial charge on any atom is 0.184 e. The molecule has 1 aromatic rings. The molecule has 0 saturated carbocycles. The van der Waals surface area contributed by atoms with Crippen molar-refractivity contribution < 1.29 is 9.53 Å². The van der Waals surface area contributed by atoms with Crippen LogP contribution in [0.3, 0.4) is 0 Å². The number of halogens is 1. The zero-order chi connectivity index (χ0) is 11.6. The Bertz CT molecular complexity index is 388. The maximum absolute atomic E-state index is 11.8. The van der Waals surface area contributed by atoms with E-state index in [9.17, 15) is 4.79 Å².